The highest BCUT2D eigenvalue weighted by molar-refractivity contribution is 7.09. The molecule has 1 aromatic heterocycles. The first kappa shape index (κ1) is 11.8. The van der Waals surface area contributed by atoms with E-state index in [2.05, 4.69) is 33.4 Å². The third-order valence-corrected chi connectivity index (χ3v) is 3.52. The molecule has 90 valence electrons. The normalized spacial score (nSPS) is 22.6. The molecule has 1 saturated heterocycles. The lowest BCUT2D eigenvalue weighted by Crippen LogP contribution is -2.42. The van der Waals surface area contributed by atoms with Crippen LogP contribution in [0.1, 0.15) is 25.8 Å². The highest BCUT2D eigenvalue weighted by atomic mass is 32.1. The number of hydrogen-bond acceptors (Lipinski definition) is 6. The summed E-state index contributed by atoms with van der Waals surface area (Å²) in [6.45, 7) is 7.05. The monoisotopic (exact) mass is 242 g/mol. The molecule has 1 N–H and O–H groups in total. The second kappa shape index (κ2) is 5.07. The van der Waals surface area contributed by atoms with Gasteiger partial charge in [0.05, 0.1) is 6.61 Å². The Balaban J connectivity index is 2.03. The van der Waals surface area contributed by atoms with Gasteiger partial charge in [-0.05, 0) is 13.8 Å². The molecule has 0 bridgehead atoms. The van der Waals surface area contributed by atoms with E-state index in [-0.39, 0.29) is 6.10 Å². The molecule has 2 heterocycles. The summed E-state index contributed by atoms with van der Waals surface area (Å²) in [4.78, 5) is 6.79. The fourth-order valence-electron chi connectivity index (χ4n) is 1.76. The molecule has 1 aromatic rings. The highest BCUT2D eigenvalue weighted by Crippen LogP contribution is 2.23. The van der Waals surface area contributed by atoms with Crippen molar-refractivity contribution < 1.29 is 4.74 Å². The van der Waals surface area contributed by atoms with E-state index >= 15 is 0 Å². The largest absolute Gasteiger partial charge is 0.367 e. The molecule has 1 aliphatic heterocycles. The number of rotatable bonds is 3. The molecule has 0 radical (unpaired) electrons. The van der Waals surface area contributed by atoms with Gasteiger partial charge >= 0.3 is 0 Å². The SMILES string of the molecule is CNc1nc(C2CN(C(C)C)CCO2)ns1. The van der Waals surface area contributed by atoms with Crippen LogP contribution in [0.15, 0.2) is 0 Å². The summed E-state index contributed by atoms with van der Waals surface area (Å²) < 4.78 is 10.0. The highest BCUT2D eigenvalue weighted by Gasteiger charge is 2.26. The number of nitrogens with zero attached hydrogens (tertiary/aromatic N) is 3. The minimum Gasteiger partial charge on any atom is -0.367 e. The fraction of sp³-hybridized carbons (Fsp3) is 0.800. The topological polar surface area (TPSA) is 50.3 Å². The molecular weight excluding hydrogens is 224 g/mol. The van der Waals surface area contributed by atoms with Gasteiger partial charge in [0.1, 0.15) is 6.10 Å². The van der Waals surface area contributed by atoms with Gasteiger partial charge in [-0.25, -0.2) is 4.98 Å². The van der Waals surface area contributed by atoms with Crippen LogP contribution in [-0.4, -0.2) is 47.0 Å². The Morgan fingerprint density at radius 3 is 3.00 bits per heavy atom. The Hall–Kier alpha value is -0.720. The summed E-state index contributed by atoms with van der Waals surface area (Å²) in [7, 11) is 1.85. The lowest BCUT2D eigenvalue weighted by molar-refractivity contribution is -0.0437. The molecule has 1 fully saturated rings. The molecule has 5 nitrogen and oxygen atoms in total. The van der Waals surface area contributed by atoms with E-state index < -0.39 is 0 Å². The molecule has 1 unspecified atom stereocenters. The van der Waals surface area contributed by atoms with Gasteiger partial charge in [-0.2, -0.15) is 4.37 Å². The Morgan fingerprint density at radius 1 is 1.56 bits per heavy atom. The van der Waals surface area contributed by atoms with Crippen LogP contribution in [-0.2, 0) is 4.74 Å². The number of morpholine rings is 1. The first-order valence-corrected chi connectivity index (χ1v) is 6.35. The Kier molecular flexibility index (Phi) is 3.73. The third-order valence-electron chi connectivity index (χ3n) is 2.77. The van der Waals surface area contributed by atoms with Crippen LogP contribution in [0.3, 0.4) is 0 Å². The predicted molar refractivity (Wildman–Crippen MR) is 64.9 cm³/mol. The van der Waals surface area contributed by atoms with Crippen molar-refractivity contribution in [1.29, 1.82) is 0 Å². The summed E-state index contributed by atoms with van der Waals surface area (Å²) in [6.07, 6.45) is 0.0227. The lowest BCUT2D eigenvalue weighted by atomic mass is 10.2. The van der Waals surface area contributed by atoms with Crippen LogP contribution in [0.5, 0.6) is 0 Å². The molecule has 0 amide bonds. The van der Waals surface area contributed by atoms with Gasteiger partial charge < -0.3 is 10.1 Å². The van der Waals surface area contributed by atoms with Crippen molar-refractivity contribution in [2.45, 2.75) is 26.0 Å². The van der Waals surface area contributed by atoms with Crippen molar-refractivity contribution in [3.63, 3.8) is 0 Å². The van der Waals surface area contributed by atoms with Crippen molar-refractivity contribution >= 4 is 16.7 Å². The van der Waals surface area contributed by atoms with Crippen LogP contribution in [0.4, 0.5) is 5.13 Å². The predicted octanol–water partition coefficient (Wildman–Crippen LogP) is 1.36. The summed E-state index contributed by atoms with van der Waals surface area (Å²) in [6, 6.07) is 0.550. The minimum absolute atomic E-state index is 0.0227. The van der Waals surface area contributed by atoms with E-state index in [0.29, 0.717) is 6.04 Å². The van der Waals surface area contributed by atoms with Crippen LogP contribution in [0.25, 0.3) is 0 Å². The zero-order valence-corrected chi connectivity index (χ0v) is 10.8. The minimum atomic E-state index is 0.0227. The zero-order valence-electron chi connectivity index (χ0n) is 9.93. The van der Waals surface area contributed by atoms with E-state index in [9.17, 15) is 0 Å². The van der Waals surface area contributed by atoms with Crippen LogP contribution >= 0.6 is 11.5 Å². The van der Waals surface area contributed by atoms with E-state index in [1.807, 2.05) is 7.05 Å². The maximum atomic E-state index is 5.71. The molecule has 0 spiro atoms. The van der Waals surface area contributed by atoms with Crippen LogP contribution in [0.2, 0.25) is 0 Å². The van der Waals surface area contributed by atoms with Crippen molar-refractivity contribution in [2.75, 3.05) is 32.1 Å². The van der Waals surface area contributed by atoms with Crippen molar-refractivity contribution in [3.8, 4) is 0 Å². The number of aromatic nitrogens is 2. The Bertz CT molecular complexity index is 341. The van der Waals surface area contributed by atoms with E-state index in [4.69, 9.17) is 4.74 Å². The second-order valence-corrected chi connectivity index (χ2v) is 4.91. The van der Waals surface area contributed by atoms with E-state index in [1.54, 1.807) is 0 Å². The standard InChI is InChI=1S/C10H18N4OS/c1-7(2)14-4-5-15-8(6-14)9-12-10(11-3)16-13-9/h7-8H,4-6H2,1-3H3,(H,11,12,13). The summed E-state index contributed by atoms with van der Waals surface area (Å²) >= 11 is 1.38. The first-order valence-electron chi connectivity index (χ1n) is 5.57. The third kappa shape index (κ3) is 2.50. The van der Waals surface area contributed by atoms with Gasteiger partial charge in [0.2, 0.25) is 5.13 Å². The molecule has 16 heavy (non-hydrogen) atoms. The molecule has 0 aliphatic carbocycles. The Labute approximate surface area is 100.0 Å². The van der Waals surface area contributed by atoms with Crippen molar-refractivity contribution in [1.82, 2.24) is 14.3 Å². The van der Waals surface area contributed by atoms with Crippen molar-refractivity contribution in [3.05, 3.63) is 5.82 Å². The zero-order chi connectivity index (χ0) is 11.5. The molecule has 0 aromatic carbocycles. The molecule has 1 atom stereocenters. The van der Waals surface area contributed by atoms with E-state index in [0.717, 1.165) is 30.7 Å². The van der Waals surface area contributed by atoms with Crippen molar-refractivity contribution in [2.24, 2.45) is 0 Å². The first-order chi connectivity index (χ1) is 7.70. The average molecular weight is 242 g/mol. The van der Waals surface area contributed by atoms with Gasteiger partial charge in [-0.1, -0.05) is 0 Å². The maximum absolute atomic E-state index is 5.71. The fourth-order valence-corrected chi connectivity index (χ4v) is 2.33. The number of nitrogens with one attached hydrogen (secondary N) is 1. The van der Waals surface area contributed by atoms with Gasteiger partial charge in [0.25, 0.3) is 0 Å². The van der Waals surface area contributed by atoms with Crippen LogP contribution < -0.4 is 5.32 Å². The molecule has 2 rings (SSSR count). The summed E-state index contributed by atoms with van der Waals surface area (Å²) in [5.74, 6) is 0.805. The number of anilines is 1. The van der Waals surface area contributed by atoms with Gasteiger partial charge in [0.15, 0.2) is 5.82 Å². The summed E-state index contributed by atoms with van der Waals surface area (Å²) in [5.41, 5.74) is 0. The molecule has 0 saturated carbocycles. The quantitative estimate of drug-likeness (QED) is 0.867. The molecular formula is C10H18N4OS. The van der Waals surface area contributed by atoms with Gasteiger partial charge in [0, 0.05) is 37.7 Å². The second-order valence-electron chi connectivity index (χ2n) is 4.16. The lowest BCUT2D eigenvalue weighted by Gasteiger charge is -2.34. The van der Waals surface area contributed by atoms with Gasteiger partial charge in [-0.3, -0.25) is 4.90 Å². The molecule has 6 heteroatoms. The molecule has 1 aliphatic rings. The summed E-state index contributed by atoms with van der Waals surface area (Å²) in [5, 5.41) is 3.84. The number of hydrogen-bond donors (Lipinski definition) is 1. The average Bonchev–Trinajstić information content (AvgIpc) is 2.77. The smallest absolute Gasteiger partial charge is 0.202 e. The number of ether oxygens (including phenoxy) is 1. The maximum Gasteiger partial charge on any atom is 0.202 e. The van der Waals surface area contributed by atoms with E-state index in [1.165, 1.54) is 11.5 Å². The van der Waals surface area contributed by atoms with Gasteiger partial charge in [-0.15, -0.1) is 0 Å². The van der Waals surface area contributed by atoms with Crippen LogP contribution in [0, 0.1) is 0 Å². The Morgan fingerprint density at radius 2 is 2.38 bits per heavy atom.